The zero-order valence-electron chi connectivity index (χ0n) is 12.9. The van der Waals surface area contributed by atoms with Crippen molar-refractivity contribution < 1.29 is 4.39 Å². The van der Waals surface area contributed by atoms with Crippen molar-refractivity contribution in [2.45, 2.75) is 16.6 Å². The van der Waals surface area contributed by atoms with E-state index in [1.54, 1.807) is 33.8 Å². The number of fused-ring (bicyclic) bond motifs is 1. The van der Waals surface area contributed by atoms with Gasteiger partial charge in [0, 0.05) is 17.0 Å². The molecular weight excluding hydrogens is 379 g/mol. The summed E-state index contributed by atoms with van der Waals surface area (Å²) in [7, 11) is 0. The molecule has 0 bridgehead atoms. The first-order valence-electron chi connectivity index (χ1n) is 7.48. The summed E-state index contributed by atoms with van der Waals surface area (Å²) in [6.07, 6.45) is 1.88. The predicted molar refractivity (Wildman–Crippen MR) is 99.7 cm³/mol. The van der Waals surface area contributed by atoms with Crippen molar-refractivity contribution in [3.05, 3.63) is 70.8 Å². The van der Waals surface area contributed by atoms with Crippen molar-refractivity contribution in [1.82, 2.24) is 20.0 Å². The minimum atomic E-state index is -0.246. The Kier molecular flexibility index (Phi) is 4.70. The molecule has 4 rings (SSSR count). The average molecular weight is 391 g/mol. The number of thioether (sulfide) groups is 1. The summed E-state index contributed by atoms with van der Waals surface area (Å²) in [4.78, 5) is 4.57. The van der Waals surface area contributed by atoms with Crippen LogP contribution in [-0.4, -0.2) is 20.0 Å². The fraction of sp³-hybridized carbons (Fsp3) is 0.118. The lowest BCUT2D eigenvalue weighted by Gasteiger charge is -2.00. The maximum atomic E-state index is 13.2. The average Bonchev–Trinajstić information content (AvgIpc) is 3.19. The fourth-order valence-electron chi connectivity index (χ4n) is 2.38. The molecule has 0 saturated heterocycles. The predicted octanol–water partition coefficient (Wildman–Crippen LogP) is 5.02. The van der Waals surface area contributed by atoms with Crippen molar-refractivity contribution in [2.24, 2.45) is 0 Å². The Labute approximate surface area is 156 Å². The van der Waals surface area contributed by atoms with Gasteiger partial charge in [-0.15, -0.1) is 16.4 Å². The summed E-state index contributed by atoms with van der Waals surface area (Å²) in [5.74, 6) is 0.431. The second kappa shape index (κ2) is 7.11. The van der Waals surface area contributed by atoms with E-state index in [4.69, 9.17) is 11.6 Å². The van der Waals surface area contributed by atoms with Gasteiger partial charge in [-0.2, -0.15) is 0 Å². The van der Waals surface area contributed by atoms with E-state index in [1.807, 2.05) is 30.5 Å². The number of nitrogens with zero attached hydrogens (tertiary/aromatic N) is 4. The Morgan fingerprint density at radius 2 is 2.12 bits per heavy atom. The third-order valence-electron chi connectivity index (χ3n) is 3.49. The van der Waals surface area contributed by atoms with E-state index in [1.165, 1.54) is 12.1 Å². The van der Waals surface area contributed by atoms with E-state index < -0.39 is 0 Å². The highest BCUT2D eigenvalue weighted by atomic mass is 35.5. The lowest BCUT2D eigenvalue weighted by molar-refractivity contribution is 0.614. The third kappa shape index (κ3) is 4.00. The number of halogens is 2. The first-order chi connectivity index (χ1) is 12.2. The SMILES string of the molecule is Fc1cccc(Cn2cc(CSc3nc4cc(Cl)ccc4s3)nn2)c1. The largest absolute Gasteiger partial charge is 0.248 e. The molecule has 2 aromatic heterocycles. The van der Waals surface area contributed by atoms with Gasteiger partial charge >= 0.3 is 0 Å². The maximum absolute atomic E-state index is 13.2. The molecule has 0 aliphatic rings. The van der Waals surface area contributed by atoms with Crippen molar-refractivity contribution in [3.63, 3.8) is 0 Å². The summed E-state index contributed by atoms with van der Waals surface area (Å²) in [5, 5.41) is 8.97. The minimum Gasteiger partial charge on any atom is -0.248 e. The lowest BCUT2D eigenvalue weighted by atomic mass is 10.2. The van der Waals surface area contributed by atoms with E-state index in [9.17, 15) is 4.39 Å². The molecule has 0 spiro atoms. The molecule has 0 saturated carbocycles. The topological polar surface area (TPSA) is 43.6 Å². The van der Waals surface area contributed by atoms with E-state index in [0.29, 0.717) is 17.3 Å². The zero-order valence-corrected chi connectivity index (χ0v) is 15.3. The molecule has 0 N–H and O–H groups in total. The Balaban J connectivity index is 1.42. The van der Waals surface area contributed by atoms with Crippen LogP contribution in [0.3, 0.4) is 0 Å². The Hall–Kier alpha value is -1.96. The molecule has 0 amide bonds. The van der Waals surface area contributed by atoms with Gasteiger partial charge in [0.1, 0.15) is 5.82 Å². The molecule has 0 fully saturated rings. The van der Waals surface area contributed by atoms with Gasteiger partial charge in [-0.25, -0.2) is 14.1 Å². The second-order valence-electron chi connectivity index (χ2n) is 5.42. The summed E-state index contributed by atoms with van der Waals surface area (Å²) >= 11 is 9.24. The molecule has 8 heteroatoms. The van der Waals surface area contributed by atoms with Crippen molar-refractivity contribution >= 4 is 44.9 Å². The first-order valence-corrected chi connectivity index (χ1v) is 9.66. The Morgan fingerprint density at radius 1 is 1.20 bits per heavy atom. The second-order valence-corrected chi connectivity index (χ2v) is 8.11. The lowest BCUT2D eigenvalue weighted by Crippen LogP contribution is -2.00. The Bertz CT molecular complexity index is 1030. The molecule has 2 heterocycles. The number of hydrogen-bond acceptors (Lipinski definition) is 5. The van der Waals surface area contributed by atoms with Crippen LogP contribution in [0.1, 0.15) is 11.3 Å². The molecule has 2 aromatic carbocycles. The summed E-state index contributed by atoms with van der Waals surface area (Å²) in [5.41, 5.74) is 2.63. The third-order valence-corrected chi connectivity index (χ3v) is 5.94. The van der Waals surface area contributed by atoms with Crippen LogP contribution >= 0.6 is 34.7 Å². The van der Waals surface area contributed by atoms with Crippen LogP contribution in [0.4, 0.5) is 4.39 Å². The number of hydrogen-bond donors (Lipinski definition) is 0. The fourth-order valence-corrected chi connectivity index (χ4v) is 4.47. The highest BCUT2D eigenvalue weighted by molar-refractivity contribution is 8.00. The standard InChI is InChI=1S/C17H12ClFN4S2/c18-12-4-5-16-15(7-12)20-17(25-16)24-10-14-9-23(22-21-14)8-11-2-1-3-13(19)6-11/h1-7,9H,8,10H2. The molecule has 0 radical (unpaired) electrons. The molecule has 0 aliphatic heterocycles. The number of aromatic nitrogens is 4. The smallest absolute Gasteiger partial charge is 0.151 e. The van der Waals surface area contributed by atoms with Gasteiger partial charge in [0.25, 0.3) is 0 Å². The van der Waals surface area contributed by atoms with Crippen LogP contribution in [0, 0.1) is 5.82 Å². The maximum Gasteiger partial charge on any atom is 0.151 e. The summed E-state index contributed by atoms with van der Waals surface area (Å²) in [6.45, 7) is 0.495. The van der Waals surface area contributed by atoms with Gasteiger partial charge in [0.15, 0.2) is 4.34 Å². The molecule has 0 aliphatic carbocycles. The highest BCUT2D eigenvalue weighted by Crippen LogP contribution is 2.32. The van der Waals surface area contributed by atoms with Crippen LogP contribution in [0.15, 0.2) is 53.0 Å². The first kappa shape index (κ1) is 16.5. The van der Waals surface area contributed by atoms with Gasteiger partial charge in [-0.1, -0.05) is 40.7 Å². The molecule has 4 aromatic rings. The molecule has 25 heavy (non-hydrogen) atoms. The van der Waals surface area contributed by atoms with E-state index in [2.05, 4.69) is 15.3 Å². The van der Waals surface area contributed by atoms with Crippen molar-refractivity contribution in [2.75, 3.05) is 0 Å². The van der Waals surface area contributed by atoms with Gasteiger partial charge in [-0.3, -0.25) is 0 Å². The van der Waals surface area contributed by atoms with Crippen LogP contribution in [0.5, 0.6) is 0 Å². The van der Waals surface area contributed by atoms with Crippen LogP contribution < -0.4 is 0 Å². The monoisotopic (exact) mass is 390 g/mol. The molecular formula is C17H12ClFN4S2. The molecule has 0 unspecified atom stereocenters. The zero-order chi connectivity index (χ0) is 17.2. The van der Waals surface area contributed by atoms with Crippen molar-refractivity contribution in [3.8, 4) is 0 Å². The van der Waals surface area contributed by atoms with Gasteiger partial charge < -0.3 is 0 Å². The van der Waals surface area contributed by atoms with Gasteiger partial charge in [0.05, 0.1) is 22.5 Å². The normalized spacial score (nSPS) is 11.3. The quantitative estimate of drug-likeness (QED) is 0.449. The molecule has 4 nitrogen and oxygen atoms in total. The molecule has 0 atom stereocenters. The number of rotatable bonds is 5. The molecule has 126 valence electrons. The van der Waals surface area contributed by atoms with Crippen LogP contribution in [0.25, 0.3) is 10.2 Å². The number of benzene rings is 2. The summed E-state index contributed by atoms with van der Waals surface area (Å²) in [6, 6.07) is 12.2. The van der Waals surface area contributed by atoms with Crippen LogP contribution in [0.2, 0.25) is 5.02 Å². The Morgan fingerprint density at radius 3 is 3.00 bits per heavy atom. The minimum absolute atomic E-state index is 0.246. The van der Waals surface area contributed by atoms with Crippen LogP contribution in [-0.2, 0) is 12.3 Å². The van der Waals surface area contributed by atoms with E-state index >= 15 is 0 Å². The van der Waals surface area contributed by atoms with E-state index in [0.717, 1.165) is 25.8 Å². The number of thiazole rings is 1. The van der Waals surface area contributed by atoms with Crippen molar-refractivity contribution in [1.29, 1.82) is 0 Å². The van der Waals surface area contributed by atoms with Gasteiger partial charge in [-0.05, 0) is 35.9 Å². The summed E-state index contributed by atoms with van der Waals surface area (Å²) < 4.78 is 17.0. The van der Waals surface area contributed by atoms with Gasteiger partial charge in [0.2, 0.25) is 0 Å². The highest BCUT2D eigenvalue weighted by Gasteiger charge is 2.08. The van der Waals surface area contributed by atoms with E-state index in [-0.39, 0.29) is 5.82 Å².